The molecule has 2 rings (SSSR count). The van der Waals surface area contributed by atoms with Gasteiger partial charge in [-0.05, 0) is 23.8 Å². The number of aromatic nitrogens is 1. The van der Waals surface area contributed by atoms with Crippen LogP contribution in [0.3, 0.4) is 0 Å². The maximum Gasteiger partial charge on any atom is 0.237 e. The Bertz CT molecular complexity index is 502. The van der Waals surface area contributed by atoms with Gasteiger partial charge in [-0.25, -0.2) is 4.98 Å². The van der Waals surface area contributed by atoms with Crippen LogP contribution in [0.4, 0.5) is 5.69 Å². The average molecular weight is 249 g/mol. The number of ether oxygens (including phenoxy) is 1. The van der Waals surface area contributed by atoms with Crippen molar-refractivity contribution in [2.45, 2.75) is 6.54 Å². The monoisotopic (exact) mass is 248 g/mol. The highest BCUT2D eigenvalue weighted by Crippen LogP contribution is 2.22. The van der Waals surface area contributed by atoms with Crippen LogP contribution in [-0.4, -0.2) is 12.1 Å². The zero-order valence-electron chi connectivity index (χ0n) is 9.48. The predicted octanol–water partition coefficient (Wildman–Crippen LogP) is 3.36. The Morgan fingerprint density at radius 3 is 2.82 bits per heavy atom. The summed E-state index contributed by atoms with van der Waals surface area (Å²) < 4.78 is 5.16. The molecule has 2 aromatic rings. The molecule has 0 radical (unpaired) electrons. The molecule has 1 aromatic heterocycles. The fraction of sp³-hybridized carbons (Fsp3) is 0.154. The van der Waals surface area contributed by atoms with Crippen LogP contribution in [0.5, 0.6) is 5.88 Å². The van der Waals surface area contributed by atoms with Gasteiger partial charge >= 0.3 is 0 Å². The topological polar surface area (TPSA) is 34.1 Å². The van der Waals surface area contributed by atoms with Crippen molar-refractivity contribution in [2.24, 2.45) is 0 Å². The van der Waals surface area contributed by atoms with Crippen LogP contribution in [0.1, 0.15) is 5.56 Å². The van der Waals surface area contributed by atoms with Gasteiger partial charge in [-0.1, -0.05) is 29.8 Å². The largest absolute Gasteiger partial charge is 0.480 e. The van der Waals surface area contributed by atoms with Gasteiger partial charge in [0.05, 0.1) is 12.8 Å². The second-order valence-electron chi connectivity index (χ2n) is 3.51. The smallest absolute Gasteiger partial charge is 0.237 e. The lowest BCUT2D eigenvalue weighted by Crippen LogP contribution is -2.02. The highest BCUT2D eigenvalue weighted by atomic mass is 35.5. The quantitative estimate of drug-likeness (QED) is 0.901. The molecule has 0 aliphatic carbocycles. The number of anilines is 1. The molecule has 0 unspecified atom stereocenters. The van der Waals surface area contributed by atoms with Crippen LogP contribution in [0.2, 0.25) is 5.02 Å². The zero-order chi connectivity index (χ0) is 12.1. The fourth-order valence-electron chi connectivity index (χ4n) is 1.52. The van der Waals surface area contributed by atoms with Gasteiger partial charge < -0.3 is 10.1 Å². The van der Waals surface area contributed by atoms with E-state index in [1.165, 1.54) is 0 Å². The predicted molar refractivity (Wildman–Crippen MR) is 69.6 cm³/mol. The number of halogens is 1. The lowest BCUT2D eigenvalue weighted by Gasteiger charge is -2.10. The molecule has 0 bridgehead atoms. The molecule has 0 saturated carbocycles. The third-order valence-corrected chi connectivity index (χ3v) is 2.76. The van der Waals surface area contributed by atoms with E-state index < -0.39 is 0 Å². The van der Waals surface area contributed by atoms with Crippen molar-refractivity contribution >= 4 is 17.3 Å². The van der Waals surface area contributed by atoms with Gasteiger partial charge in [0.1, 0.15) is 0 Å². The number of hydrogen-bond donors (Lipinski definition) is 1. The van der Waals surface area contributed by atoms with E-state index in [2.05, 4.69) is 10.3 Å². The second-order valence-corrected chi connectivity index (χ2v) is 3.91. The van der Waals surface area contributed by atoms with E-state index in [0.29, 0.717) is 12.4 Å². The van der Waals surface area contributed by atoms with E-state index in [0.717, 1.165) is 16.3 Å². The summed E-state index contributed by atoms with van der Waals surface area (Å²) >= 11 is 6.08. The zero-order valence-corrected chi connectivity index (χ0v) is 10.2. The summed E-state index contributed by atoms with van der Waals surface area (Å²) in [6, 6.07) is 11.5. The van der Waals surface area contributed by atoms with E-state index in [-0.39, 0.29) is 0 Å². The average Bonchev–Trinajstić information content (AvgIpc) is 2.38. The van der Waals surface area contributed by atoms with Crippen molar-refractivity contribution in [1.29, 1.82) is 0 Å². The highest BCUT2D eigenvalue weighted by molar-refractivity contribution is 6.31. The Kier molecular flexibility index (Phi) is 3.83. The molecular formula is C13H13ClN2O. The molecule has 0 atom stereocenters. The summed E-state index contributed by atoms with van der Waals surface area (Å²) in [7, 11) is 1.60. The van der Waals surface area contributed by atoms with Crippen LogP contribution in [0.15, 0.2) is 42.6 Å². The van der Waals surface area contributed by atoms with E-state index in [9.17, 15) is 0 Å². The SMILES string of the molecule is COc1ncccc1NCc1ccccc1Cl. The molecule has 0 amide bonds. The number of nitrogens with zero attached hydrogens (tertiary/aromatic N) is 1. The Morgan fingerprint density at radius 1 is 1.24 bits per heavy atom. The summed E-state index contributed by atoms with van der Waals surface area (Å²) in [5.41, 5.74) is 1.90. The third-order valence-electron chi connectivity index (χ3n) is 2.39. The second kappa shape index (κ2) is 5.55. The van der Waals surface area contributed by atoms with Gasteiger partial charge in [-0.2, -0.15) is 0 Å². The Morgan fingerprint density at radius 2 is 2.06 bits per heavy atom. The van der Waals surface area contributed by atoms with Crippen molar-refractivity contribution in [2.75, 3.05) is 12.4 Å². The number of rotatable bonds is 4. The van der Waals surface area contributed by atoms with Crippen molar-refractivity contribution in [3.63, 3.8) is 0 Å². The number of nitrogens with one attached hydrogen (secondary N) is 1. The molecule has 1 aromatic carbocycles. The van der Waals surface area contributed by atoms with Crippen molar-refractivity contribution in [3.05, 3.63) is 53.2 Å². The molecule has 0 fully saturated rings. The molecule has 1 N–H and O–H groups in total. The van der Waals surface area contributed by atoms with Crippen LogP contribution < -0.4 is 10.1 Å². The van der Waals surface area contributed by atoms with E-state index in [1.54, 1.807) is 13.3 Å². The van der Waals surface area contributed by atoms with E-state index in [4.69, 9.17) is 16.3 Å². The van der Waals surface area contributed by atoms with Crippen molar-refractivity contribution in [3.8, 4) is 5.88 Å². The van der Waals surface area contributed by atoms with E-state index in [1.807, 2.05) is 36.4 Å². The first kappa shape index (κ1) is 11.7. The van der Waals surface area contributed by atoms with Gasteiger partial charge in [0.15, 0.2) is 0 Å². The number of methoxy groups -OCH3 is 1. The molecule has 17 heavy (non-hydrogen) atoms. The molecule has 0 saturated heterocycles. The van der Waals surface area contributed by atoms with Crippen LogP contribution in [0.25, 0.3) is 0 Å². The van der Waals surface area contributed by atoms with Gasteiger partial charge in [-0.3, -0.25) is 0 Å². The number of pyridine rings is 1. The molecule has 0 aliphatic rings. The number of benzene rings is 1. The minimum absolute atomic E-state index is 0.583. The first-order valence-electron chi connectivity index (χ1n) is 5.27. The lowest BCUT2D eigenvalue weighted by atomic mass is 10.2. The fourth-order valence-corrected chi connectivity index (χ4v) is 1.72. The Hall–Kier alpha value is -1.74. The third kappa shape index (κ3) is 2.88. The molecule has 0 spiro atoms. The lowest BCUT2D eigenvalue weighted by molar-refractivity contribution is 0.399. The summed E-state index contributed by atoms with van der Waals surface area (Å²) in [5, 5.41) is 4.00. The number of hydrogen-bond acceptors (Lipinski definition) is 3. The first-order valence-corrected chi connectivity index (χ1v) is 5.65. The molecule has 0 aliphatic heterocycles. The summed E-state index contributed by atoms with van der Waals surface area (Å²) in [5.74, 6) is 0.583. The van der Waals surface area contributed by atoms with Crippen LogP contribution in [-0.2, 0) is 6.54 Å². The summed E-state index contributed by atoms with van der Waals surface area (Å²) in [4.78, 5) is 4.11. The maximum absolute atomic E-state index is 6.08. The standard InChI is InChI=1S/C13H13ClN2O/c1-17-13-12(7-4-8-15-13)16-9-10-5-2-3-6-11(10)14/h2-8,16H,9H2,1H3. The molecular weight excluding hydrogens is 236 g/mol. The van der Waals surface area contributed by atoms with Crippen molar-refractivity contribution < 1.29 is 4.74 Å². The molecule has 88 valence electrons. The summed E-state index contributed by atoms with van der Waals surface area (Å²) in [6.07, 6.45) is 1.69. The van der Waals surface area contributed by atoms with Crippen LogP contribution >= 0.6 is 11.6 Å². The normalized spacial score (nSPS) is 10.0. The van der Waals surface area contributed by atoms with Gasteiger partial charge in [-0.15, -0.1) is 0 Å². The minimum atomic E-state index is 0.583. The van der Waals surface area contributed by atoms with Gasteiger partial charge in [0.2, 0.25) is 5.88 Å². The molecule has 1 heterocycles. The van der Waals surface area contributed by atoms with Gasteiger partial charge in [0, 0.05) is 17.8 Å². The highest BCUT2D eigenvalue weighted by Gasteiger charge is 2.03. The summed E-state index contributed by atoms with van der Waals surface area (Å²) in [6.45, 7) is 0.641. The van der Waals surface area contributed by atoms with Gasteiger partial charge in [0.25, 0.3) is 0 Å². The van der Waals surface area contributed by atoms with Crippen molar-refractivity contribution in [1.82, 2.24) is 4.98 Å². The minimum Gasteiger partial charge on any atom is -0.480 e. The first-order chi connectivity index (χ1) is 8.31. The Balaban J connectivity index is 2.10. The maximum atomic E-state index is 6.08. The van der Waals surface area contributed by atoms with Crippen LogP contribution in [0, 0.1) is 0 Å². The Labute approximate surface area is 105 Å². The molecule has 3 nitrogen and oxygen atoms in total. The molecule has 4 heteroatoms. The van der Waals surface area contributed by atoms with E-state index >= 15 is 0 Å².